The van der Waals surface area contributed by atoms with Gasteiger partial charge in [-0.3, -0.25) is 0 Å². The van der Waals surface area contributed by atoms with Gasteiger partial charge in [-0.15, -0.1) is 0 Å². The minimum Gasteiger partial charge on any atom is -0.326 e. The molecule has 0 saturated carbocycles. The molecule has 2 rings (SSSR count). The summed E-state index contributed by atoms with van der Waals surface area (Å²) in [5, 5.41) is 4.16. The van der Waals surface area contributed by atoms with E-state index >= 15 is 0 Å². The normalized spacial score (nSPS) is 10.4. The van der Waals surface area contributed by atoms with Crippen LogP contribution in [0.1, 0.15) is 5.56 Å². The second-order valence-electron chi connectivity index (χ2n) is 2.97. The van der Waals surface area contributed by atoms with Crippen molar-refractivity contribution in [1.82, 2.24) is 9.78 Å². The van der Waals surface area contributed by atoms with Crippen molar-refractivity contribution in [2.45, 2.75) is 6.54 Å². The number of halogens is 1. The van der Waals surface area contributed by atoms with Gasteiger partial charge in [-0.05, 0) is 29.8 Å². The maximum absolute atomic E-state index is 5.59. The lowest BCUT2D eigenvalue weighted by molar-refractivity contribution is 0.875. The first-order valence-corrected chi connectivity index (χ1v) is 5.08. The Kier molecular flexibility index (Phi) is 2.65. The first-order valence-electron chi connectivity index (χ1n) is 4.29. The minimum absolute atomic E-state index is 0.535. The molecule has 0 aliphatic rings. The van der Waals surface area contributed by atoms with Gasteiger partial charge in [0, 0.05) is 23.4 Å². The highest BCUT2D eigenvalue weighted by molar-refractivity contribution is 9.10. The Morgan fingerprint density at radius 2 is 2.21 bits per heavy atom. The molecular weight excluding hydrogens is 242 g/mol. The summed E-state index contributed by atoms with van der Waals surface area (Å²) in [4.78, 5) is 0. The van der Waals surface area contributed by atoms with Crippen LogP contribution in [0, 0.1) is 0 Å². The predicted molar refractivity (Wildman–Crippen MR) is 59.2 cm³/mol. The average molecular weight is 252 g/mol. The summed E-state index contributed by atoms with van der Waals surface area (Å²) in [6.45, 7) is 0.535. The molecule has 1 aromatic heterocycles. The van der Waals surface area contributed by atoms with Gasteiger partial charge in [0.2, 0.25) is 0 Å². The first kappa shape index (κ1) is 9.43. The van der Waals surface area contributed by atoms with Crippen molar-refractivity contribution in [2.24, 2.45) is 5.73 Å². The Morgan fingerprint density at radius 1 is 1.36 bits per heavy atom. The molecule has 0 fully saturated rings. The van der Waals surface area contributed by atoms with Crippen molar-refractivity contribution < 1.29 is 0 Å². The maximum Gasteiger partial charge on any atom is 0.0660 e. The van der Waals surface area contributed by atoms with Crippen LogP contribution >= 0.6 is 15.9 Å². The van der Waals surface area contributed by atoms with Gasteiger partial charge in [0.05, 0.1) is 5.69 Å². The molecule has 0 aliphatic carbocycles. The number of rotatable bonds is 2. The van der Waals surface area contributed by atoms with E-state index in [1.54, 1.807) is 6.20 Å². The number of benzene rings is 1. The molecular formula is C10H10BrN3. The van der Waals surface area contributed by atoms with E-state index in [-0.39, 0.29) is 0 Å². The van der Waals surface area contributed by atoms with E-state index in [0.717, 1.165) is 15.7 Å². The summed E-state index contributed by atoms with van der Waals surface area (Å²) in [6, 6.07) is 7.93. The van der Waals surface area contributed by atoms with Crippen LogP contribution in [0.15, 0.2) is 41.1 Å². The Bertz CT molecular complexity index is 423. The topological polar surface area (TPSA) is 43.8 Å². The van der Waals surface area contributed by atoms with Crippen LogP contribution in [0.25, 0.3) is 5.69 Å². The van der Waals surface area contributed by atoms with E-state index in [2.05, 4.69) is 21.0 Å². The summed E-state index contributed by atoms with van der Waals surface area (Å²) in [6.07, 6.45) is 3.66. The van der Waals surface area contributed by atoms with Gasteiger partial charge in [0.1, 0.15) is 0 Å². The van der Waals surface area contributed by atoms with Crippen molar-refractivity contribution in [1.29, 1.82) is 0 Å². The molecule has 0 amide bonds. The van der Waals surface area contributed by atoms with Crippen molar-refractivity contribution in [2.75, 3.05) is 0 Å². The number of aromatic nitrogens is 2. The van der Waals surface area contributed by atoms with Crippen LogP contribution in [0.4, 0.5) is 0 Å². The number of nitrogens with zero attached hydrogens (tertiary/aromatic N) is 2. The summed E-state index contributed by atoms with van der Waals surface area (Å²) >= 11 is 3.44. The lowest BCUT2D eigenvalue weighted by Crippen LogP contribution is -2.00. The summed E-state index contributed by atoms with van der Waals surface area (Å²) in [5.41, 5.74) is 7.70. The zero-order valence-corrected chi connectivity index (χ0v) is 9.11. The Hall–Kier alpha value is -1.13. The molecule has 3 nitrogen and oxygen atoms in total. The van der Waals surface area contributed by atoms with E-state index in [1.165, 1.54) is 0 Å². The van der Waals surface area contributed by atoms with Gasteiger partial charge < -0.3 is 5.73 Å². The van der Waals surface area contributed by atoms with Gasteiger partial charge >= 0.3 is 0 Å². The largest absolute Gasteiger partial charge is 0.326 e. The third-order valence-electron chi connectivity index (χ3n) is 1.95. The standard InChI is InChI=1S/C10H10BrN3/c11-9-4-8(7-12)5-10(6-9)14-3-1-2-13-14/h1-6H,7,12H2. The minimum atomic E-state index is 0.535. The summed E-state index contributed by atoms with van der Waals surface area (Å²) in [5.74, 6) is 0. The van der Waals surface area contributed by atoms with E-state index in [0.29, 0.717) is 6.54 Å². The lowest BCUT2D eigenvalue weighted by Gasteiger charge is -2.05. The molecule has 72 valence electrons. The monoisotopic (exact) mass is 251 g/mol. The molecule has 0 spiro atoms. The van der Waals surface area contributed by atoms with Crippen molar-refractivity contribution in [3.63, 3.8) is 0 Å². The number of hydrogen-bond acceptors (Lipinski definition) is 2. The predicted octanol–water partition coefficient (Wildman–Crippen LogP) is 2.09. The molecule has 0 radical (unpaired) electrons. The second-order valence-corrected chi connectivity index (χ2v) is 3.89. The number of nitrogens with two attached hydrogens (primary N) is 1. The smallest absolute Gasteiger partial charge is 0.0660 e. The molecule has 14 heavy (non-hydrogen) atoms. The molecule has 4 heteroatoms. The maximum atomic E-state index is 5.59. The van der Waals surface area contributed by atoms with Gasteiger partial charge in [-0.25, -0.2) is 4.68 Å². The highest BCUT2D eigenvalue weighted by atomic mass is 79.9. The third-order valence-corrected chi connectivity index (χ3v) is 2.40. The SMILES string of the molecule is NCc1cc(Br)cc(-n2cccn2)c1. The van der Waals surface area contributed by atoms with Crippen molar-refractivity contribution >= 4 is 15.9 Å². The molecule has 0 bridgehead atoms. The fraction of sp³-hybridized carbons (Fsp3) is 0.100. The van der Waals surface area contributed by atoms with Gasteiger partial charge in [0.15, 0.2) is 0 Å². The van der Waals surface area contributed by atoms with Gasteiger partial charge in [-0.1, -0.05) is 15.9 Å². The van der Waals surface area contributed by atoms with E-state index in [4.69, 9.17) is 5.73 Å². The van der Waals surface area contributed by atoms with Crippen molar-refractivity contribution in [3.8, 4) is 5.69 Å². The van der Waals surface area contributed by atoms with Gasteiger partial charge in [0.25, 0.3) is 0 Å². The van der Waals surface area contributed by atoms with E-state index in [1.807, 2.05) is 35.1 Å². The summed E-state index contributed by atoms with van der Waals surface area (Å²) in [7, 11) is 0. The van der Waals surface area contributed by atoms with E-state index in [9.17, 15) is 0 Å². The molecule has 2 aromatic rings. The zero-order chi connectivity index (χ0) is 9.97. The first-order chi connectivity index (χ1) is 6.79. The Balaban J connectivity index is 2.48. The number of hydrogen-bond donors (Lipinski definition) is 1. The molecule has 0 unspecified atom stereocenters. The van der Waals surface area contributed by atoms with Crippen LogP contribution < -0.4 is 5.73 Å². The summed E-state index contributed by atoms with van der Waals surface area (Å²) < 4.78 is 2.83. The van der Waals surface area contributed by atoms with Crippen molar-refractivity contribution in [3.05, 3.63) is 46.7 Å². The van der Waals surface area contributed by atoms with Crippen LogP contribution in [-0.2, 0) is 6.54 Å². The highest BCUT2D eigenvalue weighted by Crippen LogP contribution is 2.18. The molecule has 1 aromatic carbocycles. The van der Waals surface area contributed by atoms with Crippen LogP contribution in [0.5, 0.6) is 0 Å². The second kappa shape index (κ2) is 3.94. The molecule has 0 aliphatic heterocycles. The Morgan fingerprint density at radius 3 is 2.86 bits per heavy atom. The Labute approximate surface area is 90.7 Å². The molecule has 1 heterocycles. The highest BCUT2D eigenvalue weighted by Gasteiger charge is 2.00. The molecule has 2 N–H and O–H groups in total. The van der Waals surface area contributed by atoms with Crippen LogP contribution in [0.3, 0.4) is 0 Å². The van der Waals surface area contributed by atoms with Crippen LogP contribution in [-0.4, -0.2) is 9.78 Å². The van der Waals surface area contributed by atoms with Crippen LogP contribution in [0.2, 0.25) is 0 Å². The fourth-order valence-corrected chi connectivity index (χ4v) is 1.83. The molecule has 0 atom stereocenters. The fourth-order valence-electron chi connectivity index (χ4n) is 1.31. The molecule has 0 saturated heterocycles. The lowest BCUT2D eigenvalue weighted by atomic mass is 10.2. The van der Waals surface area contributed by atoms with Gasteiger partial charge in [-0.2, -0.15) is 5.10 Å². The zero-order valence-electron chi connectivity index (χ0n) is 7.52. The average Bonchev–Trinajstić information content (AvgIpc) is 2.69. The third kappa shape index (κ3) is 1.86. The van der Waals surface area contributed by atoms with E-state index < -0.39 is 0 Å². The quantitative estimate of drug-likeness (QED) is 0.889.